The Bertz CT molecular complexity index is 301. The molecule has 0 aliphatic carbocycles. The average molecular weight is 233 g/mol. The fourth-order valence-corrected chi connectivity index (χ4v) is 0.924. The number of hydrogen-bond donors (Lipinski definition) is 1. The monoisotopic (exact) mass is 233 g/mol. The van der Waals surface area contributed by atoms with Crippen molar-refractivity contribution in [1.82, 2.24) is 0 Å². The van der Waals surface area contributed by atoms with E-state index in [0.29, 0.717) is 6.61 Å². The molecular weight excluding hydrogens is 223 g/mol. The van der Waals surface area contributed by atoms with Crippen LogP contribution in [-0.2, 0) is 23.3 Å². The summed E-state index contributed by atoms with van der Waals surface area (Å²) < 4.78 is 4.74. The van der Waals surface area contributed by atoms with E-state index < -0.39 is 5.97 Å². The third-order valence-corrected chi connectivity index (χ3v) is 1.48. The Morgan fingerprint density at radius 2 is 2.07 bits per heavy atom. The standard InChI is InChI=1S/C9H10O4.V/c1-2-12-9(10)7-5-3-4-6-8(7)13-11;/h3-6,11H,2H2,1H3;. The summed E-state index contributed by atoms with van der Waals surface area (Å²) in [7, 11) is 0. The van der Waals surface area contributed by atoms with Gasteiger partial charge in [0.05, 0.1) is 6.61 Å². The molecule has 0 aliphatic heterocycles. The number of carbonyl (C=O) groups excluding carboxylic acids is 1. The van der Waals surface area contributed by atoms with Gasteiger partial charge < -0.3 is 9.62 Å². The second-order valence-corrected chi connectivity index (χ2v) is 2.31. The average Bonchev–Trinajstić information content (AvgIpc) is 2.18. The van der Waals surface area contributed by atoms with E-state index in [-0.39, 0.29) is 29.9 Å². The van der Waals surface area contributed by atoms with Crippen LogP contribution in [0.2, 0.25) is 0 Å². The number of rotatable bonds is 3. The van der Waals surface area contributed by atoms with Gasteiger partial charge in [0.1, 0.15) is 5.56 Å². The van der Waals surface area contributed by atoms with E-state index in [4.69, 9.17) is 9.99 Å². The Hall–Kier alpha value is -0.966. The summed E-state index contributed by atoms with van der Waals surface area (Å²) in [4.78, 5) is 15.2. The van der Waals surface area contributed by atoms with Crippen molar-refractivity contribution in [3.05, 3.63) is 29.8 Å². The summed E-state index contributed by atoms with van der Waals surface area (Å²) in [6.07, 6.45) is 0. The third kappa shape index (κ3) is 3.07. The van der Waals surface area contributed by atoms with Crippen molar-refractivity contribution in [2.45, 2.75) is 6.92 Å². The number of ether oxygens (including phenoxy) is 1. The van der Waals surface area contributed by atoms with Crippen molar-refractivity contribution in [3.63, 3.8) is 0 Å². The molecule has 1 aromatic rings. The van der Waals surface area contributed by atoms with Crippen LogP contribution in [0.3, 0.4) is 0 Å². The second-order valence-electron chi connectivity index (χ2n) is 2.31. The molecule has 0 spiro atoms. The number of para-hydroxylation sites is 1. The second kappa shape index (κ2) is 6.48. The molecule has 75 valence electrons. The van der Waals surface area contributed by atoms with Crippen LogP contribution in [0.15, 0.2) is 24.3 Å². The molecule has 0 saturated carbocycles. The Morgan fingerprint density at radius 3 is 2.64 bits per heavy atom. The van der Waals surface area contributed by atoms with Crippen LogP contribution in [0.5, 0.6) is 5.75 Å². The van der Waals surface area contributed by atoms with Gasteiger partial charge in [-0.15, -0.1) is 0 Å². The van der Waals surface area contributed by atoms with Crippen molar-refractivity contribution < 1.29 is 38.2 Å². The minimum absolute atomic E-state index is 0. The molecule has 1 radical (unpaired) electrons. The van der Waals surface area contributed by atoms with Crippen LogP contribution in [0, 0.1) is 0 Å². The topological polar surface area (TPSA) is 55.8 Å². The van der Waals surface area contributed by atoms with E-state index in [2.05, 4.69) is 4.89 Å². The van der Waals surface area contributed by atoms with Crippen molar-refractivity contribution in [2.24, 2.45) is 0 Å². The quantitative estimate of drug-likeness (QED) is 0.490. The molecule has 0 unspecified atom stereocenters. The molecule has 1 aromatic carbocycles. The zero-order valence-electron chi connectivity index (χ0n) is 7.64. The molecule has 0 amide bonds. The SMILES string of the molecule is CCOC(=O)c1ccccc1OO.[V]. The molecule has 0 bridgehead atoms. The smallest absolute Gasteiger partial charge is 0.342 e. The summed E-state index contributed by atoms with van der Waals surface area (Å²) in [5, 5.41) is 8.43. The summed E-state index contributed by atoms with van der Waals surface area (Å²) in [6.45, 7) is 2.00. The Kier molecular flexibility index (Phi) is 6.04. The maximum atomic E-state index is 11.2. The molecule has 1 rings (SSSR count). The van der Waals surface area contributed by atoms with Gasteiger partial charge in [-0.1, -0.05) is 12.1 Å². The molecular formula is C9H10O4V. The van der Waals surface area contributed by atoms with Crippen LogP contribution in [0.1, 0.15) is 17.3 Å². The molecule has 0 aromatic heterocycles. The van der Waals surface area contributed by atoms with Gasteiger partial charge in [0.25, 0.3) is 0 Å². The molecule has 5 heteroatoms. The van der Waals surface area contributed by atoms with Crippen molar-refractivity contribution in [3.8, 4) is 5.75 Å². The first-order chi connectivity index (χ1) is 6.29. The number of hydrogen-bond acceptors (Lipinski definition) is 4. The van der Waals surface area contributed by atoms with Crippen LogP contribution < -0.4 is 4.89 Å². The largest absolute Gasteiger partial charge is 0.462 e. The number of benzene rings is 1. The zero-order chi connectivity index (χ0) is 9.68. The summed E-state index contributed by atoms with van der Waals surface area (Å²) in [5.41, 5.74) is 0.215. The van der Waals surface area contributed by atoms with Crippen molar-refractivity contribution in [1.29, 1.82) is 0 Å². The number of carbonyl (C=O) groups is 1. The van der Waals surface area contributed by atoms with Crippen LogP contribution in [-0.4, -0.2) is 17.8 Å². The van der Waals surface area contributed by atoms with E-state index in [9.17, 15) is 4.79 Å². The summed E-state index contributed by atoms with van der Waals surface area (Å²) in [5.74, 6) is -0.409. The van der Waals surface area contributed by atoms with Crippen molar-refractivity contribution >= 4 is 5.97 Å². The van der Waals surface area contributed by atoms with Gasteiger partial charge in [-0.2, -0.15) is 0 Å². The van der Waals surface area contributed by atoms with Crippen LogP contribution >= 0.6 is 0 Å². The molecule has 14 heavy (non-hydrogen) atoms. The number of esters is 1. The molecule has 0 atom stereocenters. The Morgan fingerprint density at radius 1 is 1.43 bits per heavy atom. The fraction of sp³-hybridized carbons (Fsp3) is 0.222. The van der Waals surface area contributed by atoms with E-state index in [1.807, 2.05) is 0 Å². The van der Waals surface area contributed by atoms with E-state index >= 15 is 0 Å². The van der Waals surface area contributed by atoms with Crippen LogP contribution in [0.25, 0.3) is 0 Å². The van der Waals surface area contributed by atoms with Gasteiger partial charge in [-0.05, 0) is 19.1 Å². The summed E-state index contributed by atoms with van der Waals surface area (Å²) in [6, 6.07) is 6.30. The molecule has 4 nitrogen and oxygen atoms in total. The minimum Gasteiger partial charge on any atom is -0.462 e. The van der Waals surface area contributed by atoms with Gasteiger partial charge >= 0.3 is 5.97 Å². The molecule has 0 fully saturated rings. The first-order valence-corrected chi connectivity index (χ1v) is 3.87. The zero-order valence-corrected chi connectivity index (χ0v) is 9.03. The third-order valence-electron chi connectivity index (χ3n) is 1.48. The van der Waals surface area contributed by atoms with E-state index in [1.165, 1.54) is 12.1 Å². The van der Waals surface area contributed by atoms with Gasteiger partial charge in [0.2, 0.25) is 0 Å². The van der Waals surface area contributed by atoms with Gasteiger partial charge in [-0.3, -0.25) is 0 Å². The Balaban J connectivity index is 0.00000169. The predicted octanol–water partition coefficient (Wildman–Crippen LogP) is 1.71. The first-order valence-electron chi connectivity index (χ1n) is 3.87. The maximum Gasteiger partial charge on any atom is 0.342 e. The first kappa shape index (κ1) is 13.0. The summed E-state index contributed by atoms with van der Waals surface area (Å²) >= 11 is 0. The van der Waals surface area contributed by atoms with Gasteiger partial charge in [0.15, 0.2) is 5.75 Å². The minimum atomic E-state index is -0.507. The van der Waals surface area contributed by atoms with Gasteiger partial charge in [-0.25, -0.2) is 10.1 Å². The van der Waals surface area contributed by atoms with Gasteiger partial charge in [0, 0.05) is 18.6 Å². The van der Waals surface area contributed by atoms with E-state index in [1.54, 1.807) is 19.1 Å². The fourth-order valence-electron chi connectivity index (χ4n) is 0.924. The van der Waals surface area contributed by atoms with E-state index in [0.717, 1.165) is 0 Å². The normalized spacial score (nSPS) is 8.71. The molecule has 0 heterocycles. The molecule has 0 saturated heterocycles. The maximum absolute atomic E-state index is 11.2. The predicted molar refractivity (Wildman–Crippen MR) is 45.7 cm³/mol. The molecule has 0 aliphatic rings. The van der Waals surface area contributed by atoms with Crippen molar-refractivity contribution in [2.75, 3.05) is 6.61 Å². The molecule has 1 N–H and O–H groups in total. The Labute approximate surface area is 93.6 Å². The van der Waals surface area contributed by atoms with Crippen LogP contribution in [0.4, 0.5) is 0 Å².